The second kappa shape index (κ2) is 6.06. The molecule has 0 saturated heterocycles. The lowest BCUT2D eigenvalue weighted by Gasteiger charge is -2.08. The number of hydrogen-bond acceptors (Lipinski definition) is 2. The number of nitrogens with one attached hydrogen (secondary N) is 1. The van der Waals surface area contributed by atoms with Crippen molar-refractivity contribution in [3.8, 4) is 12.3 Å². The van der Waals surface area contributed by atoms with Crippen molar-refractivity contribution >= 4 is 11.9 Å². The zero-order valence-electron chi connectivity index (χ0n) is 7.54. The molecule has 0 fully saturated rings. The number of rotatable bonds is 5. The first kappa shape index (κ1) is 11.5. The molecule has 0 saturated carbocycles. The summed E-state index contributed by atoms with van der Waals surface area (Å²) < 4.78 is 0. The Kier molecular flexibility index (Phi) is 5.37. The third-order valence-electron chi connectivity index (χ3n) is 1.59. The van der Waals surface area contributed by atoms with Gasteiger partial charge in [-0.25, -0.2) is 0 Å². The number of carboxylic acids is 1. The Hall–Kier alpha value is -1.50. The molecule has 0 aliphatic heterocycles. The van der Waals surface area contributed by atoms with Crippen molar-refractivity contribution in [1.82, 2.24) is 5.32 Å². The van der Waals surface area contributed by atoms with Gasteiger partial charge >= 0.3 is 5.97 Å². The fraction of sp³-hybridized carbons (Fsp3) is 0.556. The Morgan fingerprint density at radius 2 is 2.23 bits per heavy atom. The highest BCUT2D eigenvalue weighted by Crippen LogP contribution is 2.03. The first-order valence-electron chi connectivity index (χ1n) is 4.02. The van der Waals surface area contributed by atoms with Crippen molar-refractivity contribution in [2.24, 2.45) is 5.92 Å². The summed E-state index contributed by atoms with van der Waals surface area (Å²) in [5, 5.41) is 10.9. The third-order valence-corrected chi connectivity index (χ3v) is 1.59. The van der Waals surface area contributed by atoms with Gasteiger partial charge in [-0.15, -0.1) is 6.42 Å². The van der Waals surface area contributed by atoms with E-state index in [0.29, 0.717) is 13.0 Å². The van der Waals surface area contributed by atoms with Crippen LogP contribution < -0.4 is 5.32 Å². The monoisotopic (exact) mass is 183 g/mol. The quantitative estimate of drug-likeness (QED) is 0.600. The van der Waals surface area contributed by atoms with Crippen LogP contribution in [-0.2, 0) is 9.59 Å². The number of hydrogen-bond donors (Lipinski definition) is 2. The molecule has 1 amide bonds. The molecule has 0 aliphatic rings. The summed E-state index contributed by atoms with van der Waals surface area (Å²) in [6.45, 7) is 2.29. The van der Waals surface area contributed by atoms with Crippen molar-refractivity contribution < 1.29 is 14.7 Å². The molecule has 0 aliphatic carbocycles. The second-order valence-corrected chi connectivity index (χ2v) is 2.89. The van der Waals surface area contributed by atoms with Crippen LogP contribution in [0, 0.1) is 18.3 Å². The van der Waals surface area contributed by atoms with E-state index in [0.717, 1.165) is 0 Å². The van der Waals surface area contributed by atoms with Crippen LogP contribution in [0.1, 0.15) is 19.8 Å². The molecule has 4 heteroatoms. The second-order valence-electron chi connectivity index (χ2n) is 2.89. The van der Waals surface area contributed by atoms with Gasteiger partial charge in [0.15, 0.2) is 0 Å². The minimum Gasteiger partial charge on any atom is -0.481 e. The fourth-order valence-corrected chi connectivity index (χ4v) is 0.790. The van der Waals surface area contributed by atoms with Crippen molar-refractivity contribution in [3.05, 3.63) is 0 Å². The SMILES string of the molecule is C#CC(=O)NCC(C)CCC(=O)O. The van der Waals surface area contributed by atoms with Crippen LogP contribution in [0.4, 0.5) is 0 Å². The Morgan fingerprint density at radius 3 is 2.69 bits per heavy atom. The molecular formula is C9H13NO3. The summed E-state index contributed by atoms with van der Waals surface area (Å²) in [7, 11) is 0. The maximum atomic E-state index is 10.6. The zero-order valence-corrected chi connectivity index (χ0v) is 7.54. The highest BCUT2D eigenvalue weighted by atomic mass is 16.4. The van der Waals surface area contributed by atoms with Gasteiger partial charge in [-0.1, -0.05) is 6.92 Å². The van der Waals surface area contributed by atoms with Gasteiger partial charge in [-0.3, -0.25) is 9.59 Å². The molecule has 0 heterocycles. The van der Waals surface area contributed by atoms with Gasteiger partial charge < -0.3 is 10.4 Å². The molecule has 2 N–H and O–H groups in total. The molecule has 0 radical (unpaired) electrons. The number of carboxylic acid groups (broad SMARTS) is 1. The normalized spacial score (nSPS) is 11.4. The molecule has 1 atom stereocenters. The van der Waals surface area contributed by atoms with E-state index in [-0.39, 0.29) is 12.3 Å². The van der Waals surface area contributed by atoms with Crippen molar-refractivity contribution in [3.63, 3.8) is 0 Å². The summed E-state index contributed by atoms with van der Waals surface area (Å²) in [6, 6.07) is 0. The molecule has 0 aromatic rings. The van der Waals surface area contributed by atoms with Gasteiger partial charge in [0, 0.05) is 13.0 Å². The average molecular weight is 183 g/mol. The number of carbonyl (C=O) groups is 2. The van der Waals surface area contributed by atoms with Gasteiger partial charge in [0.2, 0.25) is 0 Å². The Balaban J connectivity index is 3.52. The van der Waals surface area contributed by atoms with E-state index in [2.05, 4.69) is 5.32 Å². The van der Waals surface area contributed by atoms with Crippen LogP contribution in [0.15, 0.2) is 0 Å². The van der Waals surface area contributed by atoms with Gasteiger partial charge in [-0.2, -0.15) is 0 Å². The summed E-state index contributed by atoms with van der Waals surface area (Å²) >= 11 is 0. The first-order chi connectivity index (χ1) is 6.06. The maximum Gasteiger partial charge on any atom is 0.303 e. The van der Waals surface area contributed by atoms with Crippen molar-refractivity contribution in [2.45, 2.75) is 19.8 Å². The van der Waals surface area contributed by atoms with Gasteiger partial charge in [-0.05, 0) is 18.3 Å². The molecule has 0 aromatic heterocycles. The standard InChI is InChI=1S/C9H13NO3/c1-3-8(11)10-6-7(2)4-5-9(12)13/h1,7H,4-6H2,2H3,(H,10,11)(H,12,13). The van der Waals surface area contributed by atoms with Gasteiger partial charge in [0.25, 0.3) is 5.91 Å². The molecule has 4 nitrogen and oxygen atoms in total. The summed E-state index contributed by atoms with van der Waals surface area (Å²) in [5.41, 5.74) is 0. The lowest BCUT2D eigenvalue weighted by molar-refractivity contribution is -0.137. The van der Waals surface area contributed by atoms with E-state index >= 15 is 0 Å². The lowest BCUT2D eigenvalue weighted by Crippen LogP contribution is -2.27. The molecule has 72 valence electrons. The van der Waals surface area contributed by atoms with E-state index in [9.17, 15) is 9.59 Å². The van der Waals surface area contributed by atoms with Crippen molar-refractivity contribution in [2.75, 3.05) is 6.54 Å². The maximum absolute atomic E-state index is 10.6. The minimum absolute atomic E-state index is 0.118. The molecule has 0 rings (SSSR count). The van der Waals surface area contributed by atoms with E-state index in [1.54, 1.807) is 0 Å². The number of carbonyl (C=O) groups excluding carboxylic acids is 1. The van der Waals surface area contributed by atoms with Crippen LogP contribution >= 0.6 is 0 Å². The molecule has 1 unspecified atom stereocenters. The van der Waals surface area contributed by atoms with Crippen LogP contribution in [-0.4, -0.2) is 23.5 Å². The predicted molar refractivity (Wildman–Crippen MR) is 47.9 cm³/mol. The Morgan fingerprint density at radius 1 is 1.62 bits per heavy atom. The molecule has 0 bridgehead atoms. The smallest absolute Gasteiger partial charge is 0.303 e. The number of terminal acetylenes is 1. The van der Waals surface area contributed by atoms with E-state index in [4.69, 9.17) is 11.5 Å². The molecular weight excluding hydrogens is 170 g/mol. The van der Waals surface area contributed by atoms with E-state index < -0.39 is 11.9 Å². The fourth-order valence-electron chi connectivity index (χ4n) is 0.790. The average Bonchev–Trinajstić information content (AvgIpc) is 2.10. The highest BCUT2D eigenvalue weighted by molar-refractivity contribution is 5.92. The highest BCUT2D eigenvalue weighted by Gasteiger charge is 2.05. The number of aliphatic carboxylic acids is 1. The Bertz CT molecular complexity index is 230. The van der Waals surface area contributed by atoms with Gasteiger partial charge in [0.1, 0.15) is 0 Å². The number of amides is 1. The van der Waals surface area contributed by atoms with Crippen LogP contribution in [0.25, 0.3) is 0 Å². The summed E-state index contributed by atoms with van der Waals surface area (Å²) in [6.07, 6.45) is 5.48. The van der Waals surface area contributed by atoms with Crippen molar-refractivity contribution in [1.29, 1.82) is 0 Å². The first-order valence-corrected chi connectivity index (χ1v) is 4.02. The van der Waals surface area contributed by atoms with Gasteiger partial charge in [0.05, 0.1) is 0 Å². The summed E-state index contributed by atoms with van der Waals surface area (Å²) in [4.78, 5) is 20.8. The molecule has 0 aromatic carbocycles. The van der Waals surface area contributed by atoms with E-state index in [1.807, 2.05) is 12.8 Å². The van der Waals surface area contributed by atoms with Crippen LogP contribution in [0.2, 0.25) is 0 Å². The largest absolute Gasteiger partial charge is 0.481 e. The molecule has 0 spiro atoms. The zero-order chi connectivity index (χ0) is 10.3. The minimum atomic E-state index is -0.824. The topological polar surface area (TPSA) is 66.4 Å². The van der Waals surface area contributed by atoms with Crippen LogP contribution in [0.3, 0.4) is 0 Å². The van der Waals surface area contributed by atoms with Crippen LogP contribution in [0.5, 0.6) is 0 Å². The predicted octanol–water partition coefficient (Wildman–Crippen LogP) is 0.237. The Labute approximate surface area is 77.3 Å². The lowest BCUT2D eigenvalue weighted by atomic mass is 10.1. The summed E-state index contributed by atoms with van der Waals surface area (Å²) in [5.74, 6) is 0.771. The van der Waals surface area contributed by atoms with E-state index in [1.165, 1.54) is 0 Å². The molecule has 13 heavy (non-hydrogen) atoms. The third kappa shape index (κ3) is 6.88.